The number of hydrogen-bond acceptors (Lipinski definition) is 3. The summed E-state index contributed by atoms with van der Waals surface area (Å²) in [6, 6.07) is 6.30. The van der Waals surface area contributed by atoms with Crippen LogP contribution in [0.4, 0.5) is 0 Å². The monoisotopic (exact) mass is 332 g/mol. The molecule has 1 aliphatic rings. The van der Waals surface area contributed by atoms with Crippen molar-refractivity contribution in [3.8, 4) is 5.75 Å². The maximum atomic E-state index is 12.6. The second-order valence-corrected chi connectivity index (χ2v) is 7.46. The average Bonchev–Trinajstić information content (AvgIpc) is 2.53. The molecule has 0 aliphatic carbocycles. The molecule has 0 saturated carbocycles. The van der Waals surface area contributed by atoms with Crippen molar-refractivity contribution in [3.05, 3.63) is 29.3 Å². The van der Waals surface area contributed by atoms with E-state index in [1.54, 1.807) is 0 Å². The summed E-state index contributed by atoms with van der Waals surface area (Å²) < 4.78 is 5.90. The first kappa shape index (κ1) is 18.8. The summed E-state index contributed by atoms with van der Waals surface area (Å²) in [5.41, 5.74) is 8.50. The van der Waals surface area contributed by atoms with Crippen LogP contribution in [0.25, 0.3) is 0 Å². The number of likely N-dealkylation sites (tertiary alicyclic amines) is 1. The van der Waals surface area contributed by atoms with Crippen LogP contribution in [-0.2, 0) is 4.79 Å². The number of carbonyl (C=O) groups is 1. The van der Waals surface area contributed by atoms with Gasteiger partial charge in [-0.1, -0.05) is 19.9 Å². The minimum atomic E-state index is -0.457. The van der Waals surface area contributed by atoms with Crippen LogP contribution in [0.3, 0.4) is 0 Å². The van der Waals surface area contributed by atoms with Gasteiger partial charge in [0.15, 0.2) is 6.10 Å². The van der Waals surface area contributed by atoms with Crippen molar-refractivity contribution >= 4 is 5.91 Å². The van der Waals surface area contributed by atoms with Crippen molar-refractivity contribution in [1.29, 1.82) is 0 Å². The maximum absolute atomic E-state index is 12.6. The van der Waals surface area contributed by atoms with E-state index >= 15 is 0 Å². The number of carbonyl (C=O) groups excluding carboxylic acids is 1. The number of benzene rings is 1. The van der Waals surface area contributed by atoms with Gasteiger partial charge in [-0.15, -0.1) is 0 Å². The van der Waals surface area contributed by atoms with Crippen molar-refractivity contribution in [2.45, 2.75) is 65.5 Å². The molecule has 4 heteroatoms. The molecule has 134 valence electrons. The summed E-state index contributed by atoms with van der Waals surface area (Å²) in [6.45, 7) is 11.9. The van der Waals surface area contributed by atoms with Gasteiger partial charge in [0.2, 0.25) is 0 Å². The lowest BCUT2D eigenvalue weighted by Gasteiger charge is -2.35. The summed E-state index contributed by atoms with van der Waals surface area (Å²) in [5, 5.41) is 0. The van der Waals surface area contributed by atoms with Crippen molar-refractivity contribution in [3.63, 3.8) is 0 Å². The van der Waals surface area contributed by atoms with Gasteiger partial charge in [-0.25, -0.2) is 0 Å². The van der Waals surface area contributed by atoms with Crippen LogP contribution in [0.1, 0.15) is 57.6 Å². The van der Waals surface area contributed by atoms with E-state index in [1.807, 2.05) is 24.0 Å². The first-order valence-corrected chi connectivity index (χ1v) is 9.11. The zero-order chi connectivity index (χ0) is 17.9. The van der Waals surface area contributed by atoms with Gasteiger partial charge in [-0.3, -0.25) is 4.79 Å². The van der Waals surface area contributed by atoms with E-state index in [4.69, 9.17) is 10.5 Å². The van der Waals surface area contributed by atoms with Gasteiger partial charge in [0.25, 0.3) is 5.91 Å². The quantitative estimate of drug-likeness (QED) is 0.898. The van der Waals surface area contributed by atoms with Crippen LogP contribution < -0.4 is 10.5 Å². The van der Waals surface area contributed by atoms with Crippen molar-refractivity contribution in [2.75, 3.05) is 13.1 Å². The standard InChI is InChI=1S/C20H32N2O2/c1-13(2)19-7-6-18(12-14(19)3)24-16(5)20(23)22-10-8-17(9-11-22)15(4)21/h6-7,12-13,15-17H,8-11,21H2,1-5H3. The largest absolute Gasteiger partial charge is 0.481 e. The molecular weight excluding hydrogens is 300 g/mol. The molecule has 0 bridgehead atoms. The zero-order valence-electron chi connectivity index (χ0n) is 15.7. The second kappa shape index (κ2) is 8.02. The lowest BCUT2D eigenvalue weighted by molar-refractivity contribution is -0.139. The van der Waals surface area contributed by atoms with Gasteiger partial charge < -0.3 is 15.4 Å². The smallest absolute Gasteiger partial charge is 0.263 e. The Balaban J connectivity index is 1.94. The summed E-state index contributed by atoms with van der Waals surface area (Å²) in [5.74, 6) is 1.85. The normalized spacial score (nSPS) is 18.5. The highest BCUT2D eigenvalue weighted by Gasteiger charge is 2.28. The van der Waals surface area contributed by atoms with E-state index in [2.05, 4.69) is 33.8 Å². The molecule has 1 fully saturated rings. The summed E-state index contributed by atoms with van der Waals surface area (Å²) in [7, 11) is 0. The van der Waals surface area contributed by atoms with E-state index in [0.29, 0.717) is 11.8 Å². The Kier molecular flexibility index (Phi) is 6.27. The Morgan fingerprint density at radius 2 is 1.83 bits per heavy atom. The van der Waals surface area contributed by atoms with Crippen LogP contribution in [0.2, 0.25) is 0 Å². The predicted octanol–water partition coefficient (Wildman–Crippen LogP) is 3.47. The molecule has 2 rings (SSSR count). The minimum Gasteiger partial charge on any atom is -0.481 e. The molecular formula is C20H32N2O2. The third kappa shape index (κ3) is 4.50. The molecule has 4 nitrogen and oxygen atoms in total. The highest BCUT2D eigenvalue weighted by atomic mass is 16.5. The van der Waals surface area contributed by atoms with Crippen LogP contribution >= 0.6 is 0 Å². The van der Waals surface area contributed by atoms with Crippen molar-refractivity contribution < 1.29 is 9.53 Å². The van der Waals surface area contributed by atoms with E-state index in [9.17, 15) is 4.79 Å². The molecule has 24 heavy (non-hydrogen) atoms. The van der Waals surface area contributed by atoms with Gasteiger partial charge >= 0.3 is 0 Å². The minimum absolute atomic E-state index is 0.0729. The second-order valence-electron chi connectivity index (χ2n) is 7.46. The van der Waals surface area contributed by atoms with Crippen LogP contribution in [0.5, 0.6) is 5.75 Å². The molecule has 1 aromatic carbocycles. The first-order chi connectivity index (χ1) is 11.3. The maximum Gasteiger partial charge on any atom is 0.263 e. The molecule has 2 atom stereocenters. The molecule has 1 amide bonds. The fourth-order valence-corrected chi connectivity index (χ4v) is 3.53. The SMILES string of the molecule is Cc1cc(OC(C)C(=O)N2CCC(C(C)N)CC2)ccc1C(C)C. The van der Waals surface area contributed by atoms with Gasteiger partial charge in [0.05, 0.1) is 0 Å². The number of nitrogens with zero attached hydrogens (tertiary/aromatic N) is 1. The average molecular weight is 332 g/mol. The summed E-state index contributed by atoms with van der Waals surface area (Å²) >= 11 is 0. The highest BCUT2D eigenvalue weighted by Crippen LogP contribution is 2.25. The molecule has 1 aromatic rings. The lowest BCUT2D eigenvalue weighted by Crippen LogP contribution is -2.46. The number of hydrogen-bond donors (Lipinski definition) is 1. The lowest BCUT2D eigenvalue weighted by atomic mass is 9.91. The molecule has 1 heterocycles. The van der Waals surface area contributed by atoms with Gasteiger partial charge in [0.1, 0.15) is 5.75 Å². The number of ether oxygens (including phenoxy) is 1. The van der Waals surface area contributed by atoms with E-state index < -0.39 is 6.10 Å². The Labute approximate surface area is 146 Å². The number of aryl methyl sites for hydroxylation is 1. The molecule has 2 N–H and O–H groups in total. The van der Waals surface area contributed by atoms with Crippen LogP contribution in [-0.4, -0.2) is 36.0 Å². The molecule has 0 aromatic heterocycles. The fraction of sp³-hybridized carbons (Fsp3) is 0.650. The Bertz CT molecular complexity index is 561. The van der Waals surface area contributed by atoms with Gasteiger partial charge in [0, 0.05) is 19.1 Å². The Morgan fingerprint density at radius 3 is 2.33 bits per heavy atom. The van der Waals surface area contributed by atoms with Crippen molar-refractivity contribution in [1.82, 2.24) is 4.90 Å². The van der Waals surface area contributed by atoms with Crippen LogP contribution in [0.15, 0.2) is 18.2 Å². The van der Waals surface area contributed by atoms with Gasteiger partial charge in [-0.2, -0.15) is 0 Å². The van der Waals surface area contributed by atoms with Crippen molar-refractivity contribution in [2.24, 2.45) is 11.7 Å². The molecule has 1 saturated heterocycles. The summed E-state index contributed by atoms with van der Waals surface area (Å²) in [4.78, 5) is 14.5. The van der Waals surface area contributed by atoms with E-state index in [1.165, 1.54) is 11.1 Å². The number of rotatable bonds is 5. The first-order valence-electron chi connectivity index (χ1n) is 9.11. The predicted molar refractivity (Wildman–Crippen MR) is 98.3 cm³/mol. The number of nitrogens with two attached hydrogens (primary N) is 1. The van der Waals surface area contributed by atoms with Crippen LogP contribution in [0, 0.1) is 12.8 Å². The molecule has 1 aliphatic heterocycles. The Hall–Kier alpha value is -1.55. The topological polar surface area (TPSA) is 55.6 Å². The highest BCUT2D eigenvalue weighted by molar-refractivity contribution is 5.81. The molecule has 0 radical (unpaired) electrons. The summed E-state index contributed by atoms with van der Waals surface area (Å²) in [6.07, 6.45) is 1.51. The third-order valence-electron chi connectivity index (χ3n) is 5.12. The van der Waals surface area contributed by atoms with E-state index in [0.717, 1.165) is 31.7 Å². The molecule has 0 spiro atoms. The van der Waals surface area contributed by atoms with E-state index in [-0.39, 0.29) is 11.9 Å². The third-order valence-corrected chi connectivity index (χ3v) is 5.12. The Morgan fingerprint density at radius 1 is 1.21 bits per heavy atom. The number of piperidine rings is 1. The zero-order valence-corrected chi connectivity index (χ0v) is 15.7. The number of amides is 1. The molecule has 2 unspecified atom stereocenters. The van der Waals surface area contributed by atoms with Gasteiger partial charge in [-0.05, 0) is 68.7 Å². The fourth-order valence-electron chi connectivity index (χ4n) is 3.53.